The van der Waals surface area contributed by atoms with Crippen LogP contribution in [0.25, 0.3) is 0 Å². The summed E-state index contributed by atoms with van der Waals surface area (Å²) in [5, 5.41) is 8.63. The maximum Gasteiger partial charge on any atom is 0.130 e. The van der Waals surface area contributed by atoms with E-state index in [1.165, 1.54) is 11.0 Å². The molecule has 0 fully saturated rings. The molecule has 0 saturated carbocycles. The zero-order valence-corrected chi connectivity index (χ0v) is 6.68. The Morgan fingerprint density at radius 2 is 1.70 bits per heavy atom. The molecule has 1 rings (SSSR count). The highest BCUT2D eigenvalue weighted by Crippen LogP contribution is 1.92. The fraction of sp³-hybridized carbons (Fsp3) is 0.125. The smallest absolute Gasteiger partial charge is 0.130 e. The Morgan fingerprint density at radius 3 is 1.90 bits per heavy atom. The molecule has 0 heterocycles. The van der Waals surface area contributed by atoms with E-state index in [1.54, 1.807) is 0 Å². The third-order valence-electron chi connectivity index (χ3n) is 0.940. The molecule has 0 unspecified atom stereocenters. The molecule has 10 heavy (non-hydrogen) atoms. The number of nitriles is 1. The maximum atomic E-state index is 7.18. The lowest BCUT2D eigenvalue weighted by Gasteiger charge is -1.82. The second kappa shape index (κ2) is 6.18. The Kier molecular flexibility index (Phi) is 5.60. The summed E-state index contributed by atoms with van der Waals surface area (Å²) in [6, 6.07) is 10.3. The van der Waals surface area contributed by atoms with Crippen LogP contribution in [0.2, 0.25) is 0 Å². The van der Waals surface area contributed by atoms with Crippen LogP contribution in [0, 0.1) is 17.6 Å². The summed E-state index contributed by atoms with van der Waals surface area (Å²) in [7, 11) is 0. The number of rotatable bonds is 0. The summed E-state index contributed by atoms with van der Waals surface area (Å²) in [5.41, 5.74) is 1.32. The first-order chi connectivity index (χ1) is 4.81. The summed E-state index contributed by atoms with van der Waals surface area (Å²) in [6.07, 6.45) is 0. The van der Waals surface area contributed by atoms with E-state index < -0.39 is 0 Å². The van der Waals surface area contributed by atoms with Crippen molar-refractivity contribution in [1.82, 2.24) is 0 Å². The molecule has 1 nitrogen and oxygen atoms in total. The molecule has 0 aliphatic carbocycles. The monoisotopic (exact) mass is 151 g/mol. The highest BCUT2D eigenvalue weighted by atomic mass is 32.1. The third-order valence-corrected chi connectivity index (χ3v) is 0.940. The van der Waals surface area contributed by atoms with Crippen molar-refractivity contribution >= 4 is 12.6 Å². The van der Waals surface area contributed by atoms with Gasteiger partial charge in [-0.05, 0) is 6.92 Å². The van der Waals surface area contributed by atoms with Crippen molar-refractivity contribution in [2.75, 3.05) is 0 Å². The Balaban J connectivity index is 0.000000236. The highest BCUT2D eigenvalue weighted by Gasteiger charge is 1.72. The minimum Gasteiger partial charge on any atom is -0.185 e. The number of hydrogen-bond acceptors (Lipinski definition) is 2. The van der Waals surface area contributed by atoms with E-state index in [2.05, 4.69) is 31.7 Å². The molecule has 0 saturated heterocycles. The molecular formula is C8H9NS. The van der Waals surface area contributed by atoms with E-state index >= 15 is 0 Å². The largest absolute Gasteiger partial charge is 0.185 e. The van der Waals surface area contributed by atoms with Crippen LogP contribution in [0.3, 0.4) is 0 Å². The zero-order valence-electron chi connectivity index (χ0n) is 5.78. The lowest BCUT2D eigenvalue weighted by atomic mass is 10.2. The van der Waals surface area contributed by atoms with E-state index in [0.717, 1.165) is 0 Å². The van der Waals surface area contributed by atoms with Crippen molar-refractivity contribution in [3.05, 3.63) is 35.9 Å². The molecule has 0 N–H and O–H groups in total. The van der Waals surface area contributed by atoms with Gasteiger partial charge in [-0.2, -0.15) is 5.26 Å². The van der Waals surface area contributed by atoms with Crippen molar-refractivity contribution in [1.29, 1.82) is 5.26 Å². The predicted octanol–water partition coefficient (Wildman–Crippen LogP) is 2.39. The summed E-state index contributed by atoms with van der Waals surface area (Å²) < 4.78 is 0. The van der Waals surface area contributed by atoms with Crippen LogP contribution in [0.4, 0.5) is 0 Å². The normalized spacial score (nSPS) is 6.90. The SMILES string of the molecule is Cc1ccccc1.N#CS. The van der Waals surface area contributed by atoms with Crippen molar-refractivity contribution in [3.63, 3.8) is 0 Å². The topological polar surface area (TPSA) is 23.8 Å². The van der Waals surface area contributed by atoms with Gasteiger partial charge in [0.1, 0.15) is 5.40 Å². The van der Waals surface area contributed by atoms with Crippen molar-refractivity contribution in [2.24, 2.45) is 0 Å². The van der Waals surface area contributed by atoms with Gasteiger partial charge in [0.25, 0.3) is 0 Å². The van der Waals surface area contributed by atoms with Crippen molar-refractivity contribution < 1.29 is 0 Å². The number of thiol groups is 1. The molecule has 52 valence electrons. The molecular weight excluding hydrogens is 142 g/mol. The molecule has 0 aliphatic rings. The molecule has 0 amide bonds. The van der Waals surface area contributed by atoms with Gasteiger partial charge in [0.2, 0.25) is 0 Å². The lowest BCUT2D eigenvalue weighted by molar-refractivity contribution is 1.48. The van der Waals surface area contributed by atoms with Crippen LogP contribution < -0.4 is 0 Å². The van der Waals surface area contributed by atoms with E-state index in [-0.39, 0.29) is 0 Å². The first-order valence-corrected chi connectivity index (χ1v) is 3.31. The van der Waals surface area contributed by atoms with Gasteiger partial charge in [-0.25, -0.2) is 0 Å². The van der Waals surface area contributed by atoms with Gasteiger partial charge in [0, 0.05) is 0 Å². The van der Waals surface area contributed by atoms with Crippen LogP contribution >= 0.6 is 12.6 Å². The Morgan fingerprint density at radius 1 is 1.30 bits per heavy atom. The van der Waals surface area contributed by atoms with Crippen LogP contribution in [-0.4, -0.2) is 0 Å². The molecule has 2 heteroatoms. The fourth-order valence-corrected chi connectivity index (χ4v) is 0.534. The molecule has 0 radical (unpaired) electrons. The van der Waals surface area contributed by atoms with Crippen LogP contribution in [0.15, 0.2) is 30.3 Å². The summed E-state index contributed by atoms with van der Waals surface area (Å²) in [5.74, 6) is 0. The number of thiocyanates is 1. The van der Waals surface area contributed by atoms with E-state index in [0.29, 0.717) is 0 Å². The Bertz CT molecular complexity index is 200. The molecule has 0 bridgehead atoms. The van der Waals surface area contributed by atoms with Crippen LogP contribution in [0.5, 0.6) is 0 Å². The molecule has 0 aliphatic heterocycles. The summed E-state index contributed by atoms with van der Waals surface area (Å²) >= 11 is 3.09. The second-order valence-corrected chi connectivity index (χ2v) is 1.95. The first-order valence-electron chi connectivity index (χ1n) is 2.86. The summed E-state index contributed by atoms with van der Waals surface area (Å²) in [4.78, 5) is 0. The predicted molar refractivity (Wildman–Crippen MR) is 45.8 cm³/mol. The van der Waals surface area contributed by atoms with Gasteiger partial charge in [-0.15, -0.1) is 0 Å². The van der Waals surface area contributed by atoms with E-state index in [9.17, 15) is 0 Å². The number of hydrogen-bond donors (Lipinski definition) is 1. The number of nitrogens with zero attached hydrogens (tertiary/aromatic N) is 1. The van der Waals surface area contributed by atoms with E-state index in [4.69, 9.17) is 5.26 Å². The summed E-state index contributed by atoms with van der Waals surface area (Å²) in [6.45, 7) is 2.08. The van der Waals surface area contributed by atoms with Crippen molar-refractivity contribution in [3.8, 4) is 5.40 Å². The fourth-order valence-electron chi connectivity index (χ4n) is 0.534. The highest BCUT2D eigenvalue weighted by molar-refractivity contribution is 7.85. The van der Waals surface area contributed by atoms with Crippen LogP contribution in [0.1, 0.15) is 5.56 Å². The Hall–Kier alpha value is -0.940. The zero-order chi connectivity index (χ0) is 7.82. The second-order valence-electron chi connectivity index (χ2n) is 1.75. The number of aryl methyl sites for hydroxylation is 1. The van der Waals surface area contributed by atoms with Crippen molar-refractivity contribution in [2.45, 2.75) is 6.92 Å². The lowest BCUT2D eigenvalue weighted by Crippen LogP contribution is -1.62. The number of benzene rings is 1. The minimum absolute atomic E-state index is 1.32. The molecule has 0 spiro atoms. The quantitative estimate of drug-likeness (QED) is 0.446. The van der Waals surface area contributed by atoms with E-state index in [1.807, 2.05) is 18.2 Å². The van der Waals surface area contributed by atoms with Gasteiger partial charge in [-0.1, -0.05) is 48.5 Å². The third kappa shape index (κ3) is 5.20. The van der Waals surface area contributed by atoms with Gasteiger partial charge in [0.15, 0.2) is 0 Å². The maximum absolute atomic E-state index is 7.18. The minimum atomic E-state index is 1.32. The average Bonchev–Trinajstić information content (AvgIpc) is 1.91. The van der Waals surface area contributed by atoms with Gasteiger partial charge >= 0.3 is 0 Å². The van der Waals surface area contributed by atoms with Gasteiger partial charge < -0.3 is 0 Å². The average molecular weight is 151 g/mol. The molecule has 0 aromatic heterocycles. The van der Waals surface area contributed by atoms with Gasteiger partial charge in [-0.3, -0.25) is 0 Å². The Labute approximate surface area is 66.7 Å². The van der Waals surface area contributed by atoms with Crippen LogP contribution in [-0.2, 0) is 0 Å². The molecule has 0 atom stereocenters. The van der Waals surface area contributed by atoms with Gasteiger partial charge in [0.05, 0.1) is 0 Å². The standard InChI is InChI=1S/C7H8.CHNS/c1-7-5-3-2-4-6-7;2-1-3/h2-6H,1H3;3H. The first kappa shape index (κ1) is 9.06. The molecule has 1 aromatic carbocycles. The molecule has 1 aromatic rings.